The highest BCUT2D eigenvalue weighted by Crippen LogP contribution is 2.26. The quantitative estimate of drug-likeness (QED) is 0.870. The standard InChI is InChI=1S/C10H10ClFN4/c1-16-8(5-13)14-15-10(16)6-3-2-4-7(11)9(6)12/h2-4H,5,13H2,1H3. The van der Waals surface area contributed by atoms with Gasteiger partial charge in [0.2, 0.25) is 0 Å². The minimum Gasteiger partial charge on any atom is -0.324 e. The van der Waals surface area contributed by atoms with Crippen molar-refractivity contribution in [3.8, 4) is 11.4 Å². The first-order valence-corrected chi connectivity index (χ1v) is 5.05. The summed E-state index contributed by atoms with van der Waals surface area (Å²) in [6.07, 6.45) is 0. The van der Waals surface area contributed by atoms with Gasteiger partial charge in [0.25, 0.3) is 0 Å². The second kappa shape index (κ2) is 4.19. The summed E-state index contributed by atoms with van der Waals surface area (Å²) < 4.78 is 15.4. The summed E-state index contributed by atoms with van der Waals surface area (Å²) in [6.45, 7) is 0.256. The summed E-state index contributed by atoms with van der Waals surface area (Å²) >= 11 is 5.70. The van der Waals surface area contributed by atoms with Crippen molar-refractivity contribution >= 4 is 11.6 Å². The predicted molar refractivity (Wildman–Crippen MR) is 59.3 cm³/mol. The highest BCUT2D eigenvalue weighted by atomic mass is 35.5. The molecule has 0 bridgehead atoms. The highest BCUT2D eigenvalue weighted by Gasteiger charge is 2.15. The van der Waals surface area contributed by atoms with Crippen molar-refractivity contribution in [2.75, 3.05) is 0 Å². The zero-order valence-corrected chi connectivity index (χ0v) is 9.37. The van der Waals surface area contributed by atoms with Gasteiger partial charge < -0.3 is 10.3 Å². The maximum Gasteiger partial charge on any atom is 0.166 e. The molecule has 2 aromatic rings. The molecule has 0 aliphatic carbocycles. The third-order valence-corrected chi connectivity index (χ3v) is 2.63. The topological polar surface area (TPSA) is 56.7 Å². The summed E-state index contributed by atoms with van der Waals surface area (Å²) in [7, 11) is 1.73. The lowest BCUT2D eigenvalue weighted by molar-refractivity contribution is 0.629. The molecule has 0 atom stereocenters. The van der Waals surface area contributed by atoms with Crippen LogP contribution in [0.1, 0.15) is 5.82 Å². The molecule has 0 amide bonds. The van der Waals surface area contributed by atoms with Gasteiger partial charge in [-0.1, -0.05) is 17.7 Å². The molecule has 0 unspecified atom stereocenters. The van der Waals surface area contributed by atoms with E-state index in [4.69, 9.17) is 17.3 Å². The van der Waals surface area contributed by atoms with Crippen LogP contribution in [0.3, 0.4) is 0 Å². The van der Waals surface area contributed by atoms with Crippen LogP contribution in [0, 0.1) is 5.82 Å². The number of nitrogens with zero attached hydrogens (tertiary/aromatic N) is 3. The molecule has 0 radical (unpaired) electrons. The molecule has 1 aromatic heterocycles. The lowest BCUT2D eigenvalue weighted by Crippen LogP contribution is -2.05. The van der Waals surface area contributed by atoms with Crippen LogP contribution in [-0.4, -0.2) is 14.8 Å². The van der Waals surface area contributed by atoms with E-state index in [1.807, 2.05) is 0 Å². The van der Waals surface area contributed by atoms with Gasteiger partial charge in [-0.05, 0) is 12.1 Å². The fraction of sp³-hybridized carbons (Fsp3) is 0.200. The zero-order chi connectivity index (χ0) is 11.7. The number of aromatic nitrogens is 3. The number of benzene rings is 1. The van der Waals surface area contributed by atoms with Gasteiger partial charge in [0.15, 0.2) is 11.6 Å². The molecule has 84 valence electrons. The van der Waals surface area contributed by atoms with Crippen molar-refractivity contribution in [3.05, 3.63) is 34.9 Å². The molecule has 1 aromatic carbocycles. The Hall–Kier alpha value is -1.46. The normalized spacial score (nSPS) is 10.8. The van der Waals surface area contributed by atoms with Crippen LogP contribution in [0.25, 0.3) is 11.4 Å². The molecule has 0 aliphatic heterocycles. The molecule has 0 fully saturated rings. The van der Waals surface area contributed by atoms with Crippen LogP contribution in [0.4, 0.5) is 4.39 Å². The number of hydrogen-bond donors (Lipinski definition) is 1. The van der Waals surface area contributed by atoms with Crippen molar-refractivity contribution in [2.24, 2.45) is 12.8 Å². The molecule has 0 spiro atoms. The van der Waals surface area contributed by atoms with Gasteiger partial charge in [0.05, 0.1) is 17.1 Å². The van der Waals surface area contributed by atoms with Crippen LogP contribution in [0.5, 0.6) is 0 Å². The second-order valence-corrected chi connectivity index (χ2v) is 3.71. The molecule has 0 saturated heterocycles. The van der Waals surface area contributed by atoms with Crippen molar-refractivity contribution < 1.29 is 4.39 Å². The maximum atomic E-state index is 13.7. The maximum absolute atomic E-state index is 13.7. The van der Waals surface area contributed by atoms with E-state index in [1.54, 1.807) is 23.7 Å². The van der Waals surface area contributed by atoms with Gasteiger partial charge in [-0.2, -0.15) is 0 Å². The predicted octanol–water partition coefficient (Wildman–Crippen LogP) is 1.73. The molecule has 2 N–H and O–H groups in total. The number of nitrogens with two attached hydrogens (primary N) is 1. The Morgan fingerprint density at radius 1 is 1.44 bits per heavy atom. The van der Waals surface area contributed by atoms with Gasteiger partial charge >= 0.3 is 0 Å². The molecule has 0 aliphatic rings. The minimum atomic E-state index is -0.497. The van der Waals surface area contributed by atoms with E-state index < -0.39 is 5.82 Å². The Morgan fingerprint density at radius 3 is 2.81 bits per heavy atom. The lowest BCUT2D eigenvalue weighted by Gasteiger charge is -2.04. The van der Waals surface area contributed by atoms with Gasteiger partial charge in [-0.3, -0.25) is 0 Å². The van der Waals surface area contributed by atoms with Crippen LogP contribution in [-0.2, 0) is 13.6 Å². The number of halogens is 2. The van der Waals surface area contributed by atoms with Gasteiger partial charge in [0, 0.05) is 7.05 Å². The van der Waals surface area contributed by atoms with E-state index in [9.17, 15) is 4.39 Å². The minimum absolute atomic E-state index is 0.0646. The SMILES string of the molecule is Cn1c(CN)nnc1-c1cccc(Cl)c1F. The molecule has 6 heteroatoms. The van der Waals surface area contributed by atoms with E-state index >= 15 is 0 Å². The summed E-state index contributed by atoms with van der Waals surface area (Å²) in [5.41, 5.74) is 5.79. The van der Waals surface area contributed by atoms with E-state index in [2.05, 4.69) is 10.2 Å². The van der Waals surface area contributed by atoms with E-state index in [0.717, 1.165) is 0 Å². The Morgan fingerprint density at radius 2 is 2.19 bits per heavy atom. The van der Waals surface area contributed by atoms with Crippen molar-refractivity contribution in [2.45, 2.75) is 6.54 Å². The first-order valence-electron chi connectivity index (χ1n) is 4.68. The third-order valence-electron chi connectivity index (χ3n) is 2.34. The van der Waals surface area contributed by atoms with Crippen LogP contribution >= 0.6 is 11.6 Å². The van der Waals surface area contributed by atoms with Crippen LogP contribution < -0.4 is 5.73 Å². The average molecular weight is 241 g/mol. The van der Waals surface area contributed by atoms with Crippen molar-refractivity contribution in [1.82, 2.24) is 14.8 Å². The monoisotopic (exact) mass is 240 g/mol. The molecule has 1 heterocycles. The summed E-state index contributed by atoms with van der Waals surface area (Å²) in [5, 5.41) is 7.82. The number of hydrogen-bond acceptors (Lipinski definition) is 3. The smallest absolute Gasteiger partial charge is 0.166 e. The number of rotatable bonds is 2. The van der Waals surface area contributed by atoms with Gasteiger partial charge in [-0.25, -0.2) is 4.39 Å². The average Bonchev–Trinajstić information content (AvgIpc) is 2.64. The van der Waals surface area contributed by atoms with Crippen LogP contribution in [0.2, 0.25) is 5.02 Å². The first kappa shape index (κ1) is 11.0. The molecule has 2 rings (SSSR count). The highest BCUT2D eigenvalue weighted by molar-refractivity contribution is 6.31. The van der Waals surface area contributed by atoms with Crippen molar-refractivity contribution in [1.29, 1.82) is 0 Å². The van der Waals surface area contributed by atoms with Gasteiger partial charge in [-0.15, -0.1) is 10.2 Å². The van der Waals surface area contributed by atoms with E-state index in [0.29, 0.717) is 17.2 Å². The fourth-order valence-corrected chi connectivity index (χ4v) is 1.62. The first-order chi connectivity index (χ1) is 7.65. The second-order valence-electron chi connectivity index (χ2n) is 3.30. The Labute approximate surface area is 96.9 Å². The van der Waals surface area contributed by atoms with E-state index in [-0.39, 0.29) is 11.6 Å². The Kier molecular flexibility index (Phi) is 2.89. The fourth-order valence-electron chi connectivity index (χ4n) is 1.45. The molecule has 4 nitrogen and oxygen atoms in total. The van der Waals surface area contributed by atoms with Gasteiger partial charge in [0.1, 0.15) is 5.82 Å². The molecular formula is C10H10ClFN4. The zero-order valence-electron chi connectivity index (χ0n) is 8.61. The third kappa shape index (κ3) is 1.68. The molecule has 16 heavy (non-hydrogen) atoms. The van der Waals surface area contributed by atoms with Crippen LogP contribution in [0.15, 0.2) is 18.2 Å². The van der Waals surface area contributed by atoms with Crippen molar-refractivity contribution in [3.63, 3.8) is 0 Å². The summed E-state index contributed by atoms with van der Waals surface area (Å²) in [6, 6.07) is 4.75. The summed E-state index contributed by atoms with van der Waals surface area (Å²) in [4.78, 5) is 0. The Bertz CT molecular complexity index is 524. The molecule has 0 saturated carbocycles. The van der Waals surface area contributed by atoms with E-state index in [1.165, 1.54) is 6.07 Å². The largest absolute Gasteiger partial charge is 0.324 e. The Balaban J connectivity index is 2.59. The summed E-state index contributed by atoms with van der Waals surface area (Å²) in [5.74, 6) is 0.512. The molecular weight excluding hydrogens is 231 g/mol. The lowest BCUT2D eigenvalue weighted by atomic mass is 10.2.